The van der Waals surface area contributed by atoms with Gasteiger partial charge in [-0.3, -0.25) is 0 Å². The van der Waals surface area contributed by atoms with Gasteiger partial charge in [-0.25, -0.2) is 4.79 Å². The van der Waals surface area contributed by atoms with Crippen LogP contribution in [0.5, 0.6) is 0 Å². The molecular formula is C14H18F3N3O3. The average molecular weight is 333 g/mol. The van der Waals surface area contributed by atoms with Crippen LogP contribution in [0, 0.1) is 0 Å². The maximum Gasteiger partial charge on any atom is 0.409 e. The quantitative estimate of drug-likeness (QED) is 0.775. The van der Waals surface area contributed by atoms with Crippen molar-refractivity contribution >= 4 is 6.09 Å². The molecule has 128 valence electrons. The molecule has 0 bridgehead atoms. The summed E-state index contributed by atoms with van der Waals surface area (Å²) in [6.45, 7) is 3.01. The molecule has 2 heterocycles. The Hall–Kier alpha value is -1.80. The number of hydrogen-bond acceptors (Lipinski definition) is 5. The first-order valence-corrected chi connectivity index (χ1v) is 7.70. The Morgan fingerprint density at radius 2 is 2.13 bits per heavy atom. The number of carbonyl (C=O) groups is 1. The molecule has 1 saturated heterocycles. The van der Waals surface area contributed by atoms with Gasteiger partial charge in [0.2, 0.25) is 5.89 Å². The third-order valence-electron chi connectivity index (χ3n) is 4.37. The molecule has 1 aliphatic carbocycles. The van der Waals surface area contributed by atoms with Gasteiger partial charge in [0.15, 0.2) is 5.82 Å². The molecule has 0 radical (unpaired) electrons. The molecule has 23 heavy (non-hydrogen) atoms. The van der Waals surface area contributed by atoms with Crippen molar-refractivity contribution in [3.05, 3.63) is 11.7 Å². The first-order chi connectivity index (χ1) is 10.9. The summed E-state index contributed by atoms with van der Waals surface area (Å²) in [7, 11) is 0. The van der Waals surface area contributed by atoms with Crippen molar-refractivity contribution in [1.29, 1.82) is 0 Å². The molecule has 0 unspecified atom stereocenters. The number of aromatic nitrogens is 2. The van der Waals surface area contributed by atoms with Crippen LogP contribution in [0.4, 0.5) is 18.0 Å². The summed E-state index contributed by atoms with van der Waals surface area (Å²) in [6, 6.07) is 0. The smallest absolute Gasteiger partial charge is 0.409 e. The second-order valence-corrected chi connectivity index (χ2v) is 6.11. The van der Waals surface area contributed by atoms with Crippen LogP contribution in [0.1, 0.15) is 50.2 Å². The molecule has 1 saturated carbocycles. The average Bonchev–Trinajstić information content (AvgIpc) is 3.12. The third-order valence-corrected chi connectivity index (χ3v) is 4.37. The van der Waals surface area contributed by atoms with Gasteiger partial charge in [-0.05, 0) is 19.3 Å². The minimum absolute atomic E-state index is 0.00395. The van der Waals surface area contributed by atoms with Crippen molar-refractivity contribution in [2.75, 3.05) is 19.7 Å². The van der Waals surface area contributed by atoms with E-state index < -0.39 is 17.7 Å². The molecule has 0 atom stereocenters. The zero-order valence-electron chi connectivity index (χ0n) is 12.7. The number of ether oxygens (including phenoxy) is 1. The fourth-order valence-corrected chi connectivity index (χ4v) is 2.53. The molecular weight excluding hydrogens is 315 g/mol. The van der Waals surface area contributed by atoms with Crippen molar-refractivity contribution in [1.82, 2.24) is 15.0 Å². The molecule has 2 aliphatic rings. The summed E-state index contributed by atoms with van der Waals surface area (Å²) in [4.78, 5) is 17.1. The zero-order chi connectivity index (χ0) is 16.7. The number of rotatable bonds is 5. The van der Waals surface area contributed by atoms with Gasteiger partial charge >= 0.3 is 12.3 Å². The standard InChI is InChI=1S/C14H18F3N3O3/c1-2-3-6-22-12(21)20-7-9(8-20)10-18-11(19-23-10)13(4-5-13)14(15,16)17/h9H,2-8H2,1H3. The van der Waals surface area contributed by atoms with Crippen LogP contribution in [0.25, 0.3) is 0 Å². The SMILES string of the molecule is CCCCOC(=O)N1CC(c2nc(C3(C(F)(F)F)CC3)no2)C1. The van der Waals surface area contributed by atoms with Crippen molar-refractivity contribution in [3.8, 4) is 0 Å². The molecule has 0 aromatic carbocycles. The summed E-state index contributed by atoms with van der Waals surface area (Å²) in [5.74, 6) is -0.351. The lowest BCUT2D eigenvalue weighted by atomic mass is 10.0. The van der Waals surface area contributed by atoms with E-state index >= 15 is 0 Å². The maximum atomic E-state index is 13.0. The molecule has 1 aromatic heterocycles. The van der Waals surface area contributed by atoms with Crippen molar-refractivity contribution < 1.29 is 27.2 Å². The minimum Gasteiger partial charge on any atom is -0.449 e. The monoisotopic (exact) mass is 333 g/mol. The molecule has 1 aliphatic heterocycles. The first kappa shape index (κ1) is 16.1. The highest BCUT2D eigenvalue weighted by Crippen LogP contribution is 2.58. The van der Waals surface area contributed by atoms with E-state index in [1.807, 2.05) is 6.92 Å². The van der Waals surface area contributed by atoms with Gasteiger partial charge in [0, 0.05) is 13.1 Å². The number of likely N-dealkylation sites (tertiary alicyclic amines) is 1. The van der Waals surface area contributed by atoms with Crippen molar-refractivity contribution in [2.45, 2.75) is 50.1 Å². The summed E-state index contributed by atoms with van der Waals surface area (Å²) in [6.07, 6.45) is -3.05. The molecule has 0 spiro atoms. The van der Waals surface area contributed by atoms with E-state index in [0.717, 1.165) is 12.8 Å². The molecule has 9 heteroatoms. The maximum absolute atomic E-state index is 13.0. The van der Waals surface area contributed by atoms with Crippen molar-refractivity contribution in [3.63, 3.8) is 0 Å². The summed E-state index contributed by atoms with van der Waals surface area (Å²) in [5, 5.41) is 3.51. The number of nitrogens with zero attached hydrogens (tertiary/aromatic N) is 3. The second-order valence-electron chi connectivity index (χ2n) is 6.11. The van der Waals surface area contributed by atoms with Gasteiger partial charge in [-0.15, -0.1) is 0 Å². The van der Waals surface area contributed by atoms with Gasteiger partial charge in [0.05, 0.1) is 12.5 Å². The van der Waals surface area contributed by atoms with Crippen LogP contribution >= 0.6 is 0 Å². The van der Waals surface area contributed by atoms with E-state index in [9.17, 15) is 18.0 Å². The van der Waals surface area contributed by atoms with Crippen LogP contribution in [0.15, 0.2) is 4.52 Å². The van der Waals surface area contributed by atoms with Gasteiger partial charge < -0.3 is 14.2 Å². The second kappa shape index (κ2) is 5.68. The van der Waals surface area contributed by atoms with Gasteiger partial charge in [0.25, 0.3) is 0 Å². The molecule has 1 amide bonds. The summed E-state index contributed by atoms with van der Waals surface area (Å²) < 4.78 is 49.1. The highest BCUT2D eigenvalue weighted by atomic mass is 19.4. The number of hydrogen-bond donors (Lipinski definition) is 0. The van der Waals surface area contributed by atoms with E-state index in [0.29, 0.717) is 19.7 Å². The predicted octanol–water partition coefficient (Wildman–Crippen LogP) is 3.00. The zero-order valence-corrected chi connectivity index (χ0v) is 12.7. The van der Waals surface area contributed by atoms with E-state index in [2.05, 4.69) is 10.1 Å². The van der Waals surface area contributed by atoms with Gasteiger partial charge in [-0.1, -0.05) is 18.5 Å². The lowest BCUT2D eigenvalue weighted by molar-refractivity contribution is -0.162. The van der Waals surface area contributed by atoms with E-state index in [4.69, 9.17) is 9.26 Å². The van der Waals surface area contributed by atoms with Gasteiger partial charge in [-0.2, -0.15) is 18.2 Å². The fourth-order valence-electron chi connectivity index (χ4n) is 2.53. The number of carbonyl (C=O) groups excluding carboxylic acids is 1. The van der Waals surface area contributed by atoms with Crippen LogP contribution in [0.3, 0.4) is 0 Å². The Bertz CT molecular complexity index is 577. The topological polar surface area (TPSA) is 68.5 Å². The lowest BCUT2D eigenvalue weighted by Gasteiger charge is -2.35. The number of unbranched alkanes of at least 4 members (excludes halogenated alkanes) is 1. The largest absolute Gasteiger partial charge is 0.449 e. The Morgan fingerprint density at radius 3 is 2.70 bits per heavy atom. The van der Waals surface area contributed by atoms with Crippen molar-refractivity contribution in [2.24, 2.45) is 0 Å². The minimum atomic E-state index is -4.36. The van der Waals surface area contributed by atoms with Crippen LogP contribution < -0.4 is 0 Å². The Kier molecular flexibility index (Phi) is 3.97. The fraction of sp³-hybridized carbons (Fsp3) is 0.786. The Labute approximate surface area is 131 Å². The van der Waals surface area contributed by atoms with E-state index in [1.165, 1.54) is 4.90 Å². The first-order valence-electron chi connectivity index (χ1n) is 7.70. The van der Waals surface area contributed by atoms with E-state index in [1.54, 1.807) is 0 Å². The normalized spacial score (nSPS) is 20.3. The van der Waals surface area contributed by atoms with Crippen LogP contribution in [0.2, 0.25) is 0 Å². The number of amides is 1. The summed E-state index contributed by atoms with van der Waals surface area (Å²) >= 11 is 0. The number of halogens is 3. The molecule has 2 fully saturated rings. The van der Waals surface area contributed by atoms with Crippen LogP contribution in [-0.4, -0.2) is 47.0 Å². The van der Waals surface area contributed by atoms with Gasteiger partial charge in [0.1, 0.15) is 5.41 Å². The molecule has 0 N–H and O–H groups in total. The summed E-state index contributed by atoms with van der Waals surface area (Å²) in [5.41, 5.74) is -1.93. The Morgan fingerprint density at radius 1 is 1.43 bits per heavy atom. The lowest BCUT2D eigenvalue weighted by Crippen LogP contribution is -2.48. The highest BCUT2D eigenvalue weighted by Gasteiger charge is 2.67. The van der Waals surface area contributed by atoms with E-state index in [-0.39, 0.29) is 30.5 Å². The molecule has 3 rings (SSSR count). The predicted molar refractivity (Wildman–Crippen MR) is 71.8 cm³/mol. The molecule has 6 nitrogen and oxygen atoms in total. The highest BCUT2D eigenvalue weighted by molar-refractivity contribution is 5.69. The number of alkyl halides is 3. The molecule has 1 aromatic rings. The third kappa shape index (κ3) is 2.88. The Balaban J connectivity index is 1.54. The van der Waals surface area contributed by atoms with Crippen LogP contribution in [-0.2, 0) is 10.2 Å².